The Labute approximate surface area is 125 Å². The van der Waals surface area contributed by atoms with Crippen LogP contribution in [0.15, 0.2) is 30.3 Å². The smallest absolute Gasteiger partial charge is 0.118 e. The van der Waals surface area contributed by atoms with Gasteiger partial charge in [0.25, 0.3) is 0 Å². The third-order valence-corrected chi connectivity index (χ3v) is 5.82. The topological polar surface area (TPSA) is 35.5 Å². The Kier molecular flexibility index (Phi) is 8.05. The van der Waals surface area contributed by atoms with Gasteiger partial charge in [0.2, 0.25) is 0 Å². The number of hydrogen-bond donors (Lipinski definition) is 0. The number of hydrogen-bond acceptors (Lipinski definition) is 3. The quantitative estimate of drug-likeness (QED) is 0.528. The van der Waals surface area contributed by atoms with Gasteiger partial charge in [-0.25, -0.2) is 0 Å². The number of ether oxygens (including phenoxy) is 2. The average molecular weight is 377 g/mol. The Morgan fingerprint density at radius 3 is 2.32 bits per heavy atom. The number of Topliss-reactive ketones (excluding diaryl/α,β-unsaturated/α-hetero) is 1. The van der Waals surface area contributed by atoms with Gasteiger partial charge in [-0.3, -0.25) is 0 Å². The maximum atomic E-state index is 11.5. The molecule has 0 amide bonds. The van der Waals surface area contributed by atoms with Gasteiger partial charge < -0.3 is 4.74 Å². The van der Waals surface area contributed by atoms with E-state index in [4.69, 9.17) is 9.47 Å². The second-order valence-corrected chi connectivity index (χ2v) is 7.01. The zero-order valence-corrected chi connectivity index (χ0v) is 13.9. The summed E-state index contributed by atoms with van der Waals surface area (Å²) in [6.45, 7) is 0. The molecule has 0 heterocycles. The molecule has 108 valence electrons. The van der Waals surface area contributed by atoms with Crippen LogP contribution in [0.3, 0.4) is 0 Å². The molecular formula is C15H22IO3-. The second-order valence-electron chi connectivity index (χ2n) is 4.26. The van der Waals surface area contributed by atoms with E-state index < -0.39 is 0 Å². The molecule has 0 N–H and O–H groups in total. The molecule has 2 atom stereocenters. The molecule has 1 aromatic carbocycles. The van der Waals surface area contributed by atoms with Crippen molar-refractivity contribution in [3.63, 3.8) is 0 Å². The molecule has 2 unspecified atom stereocenters. The van der Waals surface area contributed by atoms with E-state index in [9.17, 15) is 4.79 Å². The first kappa shape index (κ1) is 16.4. The number of carbonyl (C=O) groups is 1. The van der Waals surface area contributed by atoms with Crippen molar-refractivity contribution in [1.82, 2.24) is 0 Å². The van der Waals surface area contributed by atoms with E-state index in [1.807, 2.05) is 30.3 Å². The molecular weight excluding hydrogens is 355 g/mol. The molecule has 19 heavy (non-hydrogen) atoms. The van der Waals surface area contributed by atoms with E-state index in [0.29, 0.717) is 9.71 Å². The standard InChI is InChI=1S/C8H14IO2.C7H8O/c1-9-6-4-3-5-7(11-2)8(6)10;1-8-7-5-3-2-4-6-7/h6-7H,3-5H2,1-2H3;2-6H,1H3/q-1;. The predicted molar refractivity (Wildman–Crippen MR) is 72.4 cm³/mol. The van der Waals surface area contributed by atoms with Gasteiger partial charge >= 0.3 is 77.9 Å². The number of halogens is 1. The zero-order chi connectivity index (χ0) is 14.1. The normalized spacial score (nSPS) is 22.6. The summed E-state index contributed by atoms with van der Waals surface area (Å²) in [5, 5.41) is 0. The van der Waals surface area contributed by atoms with E-state index in [2.05, 4.69) is 4.93 Å². The summed E-state index contributed by atoms with van der Waals surface area (Å²) in [5.41, 5.74) is 0. The van der Waals surface area contributed by atoms with Gasteiger partial charge in [-0.05, 0) is 12.1 Å². The first-order valence-corrected chi connectivity index (χ1v) is 9.76. The number of carbonyl (C=O) groups excluding carboxylic acids is 1. The summed E-state index contributed by atoms with van der Waals surface area (Å²) in [4.78, 5) is 13.7. The van der Waals surface area contributed by atoms with E-state index in [0.717, 1.165) is 18.6 Å². The molecule has 1 saturated carbocycles. The Morgan fingerprint density at radius 1 is 1.16 bits per heavy atom. The number of ketones is 1. The first-order valence-electron chi connectivity index (χ1n) is 6.36. The van der Waals surface area contributed by atoms with Crippen molar-refractivity contribution >= 4 is 5.78 Å². The summed E-state index contributed by atoms with van der Waals surface area (Å²) in [6, 6.07) is 9.68. The molecule has 2 rings (SSSR count). The molecule has 0 saturated heterocycles. The Bertz CT molecular complexity index is 353. The molecule has 0 spiro atoms. The minimum Gasteiger partial charge on any atom is -0.497 e. The van der Waals surface area contributed by atoms with E-state index in [1.165, 1.54) is 6.42 Å². The van der Waals surface area contributed by atoms with Crippen molar-refractivity contribution in [2.75, 3.05) is 19.2 Å². The molecule has 0 bridgehead atoms. The van der Waals surface area contributed by atoms with Crippen LogP contribution in [-0.2, 0) is 9.53 Å². The minimum absolute atomic E-state index is 0.0756. The maximum Gasteiger partial charge on any atom is 0.118 e. The van der Waals surface area contributed by atoms with Gasteiger partial charge in [0.1, 0.15) is 5.75 Å². The minimum atomic E-state index is -0.0756. The van der Waals surface area contributed by atoms with Crippen molar-refractivity contribution in [3.05, 3.63) is 30.3 Å². The van der Waals surface area contributed by atoms with Crippen LogP contribution in [0, 0.1) is 0 Å². The molecule has 3 nitrogen and oxygen atoms in total. The Hall–Kier alpha value is -0.620. The Balaban J connectivity index is 0.000000200. The fraction of sp³-hybridized carbons (Fsp3) is 0.533. The SMILES string of the molecule is COC1CCCC([I-]C)C1=O.COc1ccccc1. The molecule has 4 heteroatoms. The van der Waals surface area contributed by atoms with Gasteiger partial charge in [0, 0.05) is 0 Å². The summed E-state index contributed by atoms with van der Waals surface area (Å²) in [5.74, 6) is 1.28. The Morgan fingerprint density at radius 2 is 1.84 bits per heavy atom. The van der Waals surface area contributed by atoms with E-state index in [-0.39, 0.29) is 27.3 Å². The molecule has 0 radical (unpaired) electrons. The van der Waals surface area contributed by atoms with Gasteiger partial charge in [-0.1, -0.05) is 18.2 Å². The van der Waals surface area contributed by atoms with Crippen molar-refractivity contribution in [2.24, 2.45) is 0 Å². The van der Waals surface area contributed by atoms with Gasteiger partial charge in [-0.15, -0.1) is 0 Å². The van der Waals surface area contributed by atoms with Crippen molar-refractivity contribution in [3.8, 4) is 5.75 Å². The van der Waals surface area contributed by atoms with Crippen LogP contribution >= 0.6 is 0 Å². The summed E-state index contributed by atoms with van der Waals surface area (Å²) in [6.07, 6.45) is 3.15. The van der Waals surface area contributed by atoms with E-state index in [1.54, 1.807) is 14.2 Å². The van der Waals surface area contributed by atoms with Gasteiger partial charge in [-0.2, -0.15) is 0 Å². The third-order valence-electron chi connectivity index (χ3n) is 3.08. The number of methoxy groups -OCH3 is 2. The monoisotopic (exact) mass is 377 g/mol. The van der Waals surface area contributed by atoms with Crippen molar-refractivity contribution in [2.45, 2.75) is 29.3 Å². The molecule has 1 aliphatic rings. The molecule has 1 fully saturated rings. The van der Waals surface area contributed by atoms with Crippen LogP contribution in [0.5, 0.6) is 5.75 Å². The fourth-order valence-electron chi connectivity index (χ4n) is 1.98. The number of para-hydroxylation sites is 1. The van der Waals surface area contributed by atoms with Crippen LogP contribution in [0.4, 0.5) is 0 Å². The number of alkyl halides is 2. The van der Waals surface area contributed by atoms with Crippen LogP contribution in [-0.4, -0.2) is 35.0 Å². The maximum absolute atomic E-state index is 11.5. The zero-order valence-electron chi connectivity index (χ0n) is 11.8. The van der Waals surface area contributed by atoms with Crippen LogP contribution < -0.4 is 25.9 Å². The van der Waals surface area contributed by atoms with Crippen LogP contribution in [0.1, 0.15) is 19.3 Å². The molecule has 1 aromatic rings. The summed E-state index contributed by atoms with van der Waals surface area (Å²) < 4.78 is 10.4. The fourth-order valence-corrected chi connectivity index (χ4v) is 4.05. The largest absolute Gasteiger partial charge is 0.497 e. The van der Waals surface area contributed by atoms with Crippen molar-refractivity contribution in [1.29, 1.82) is 0 Å². The summed E-state index contributed by atoms with van der Waals surface area (Å²) in [7, 11) is 3.30. The summed E-state index contributed by atoms with van der Waals surface area (Å²) >= 11 is 0.0832. The van der Waals surface area contributed by atoms with Crippen molar-refractivity contribution < 1.29 is 35.5 Å². The van der Waals surface area contributed by atoms with Crippen LogP contribution in [0.2, 0.25) is 0 Å². The molecule has 0 aliphatic heterocycles. The first-order chi connectivity index (χ1) is 9.22. The van der Waals surface area contributed by atoms with Crippen LogP contribution in [0.25, 0.3) is 0 Å². The predicted octanol–water partition coefficient (Wildman–Crippen LogP) is -0.463. The second kappa shape index (κ2) is 9.31. The van der Waals surface area contributed by atoms with Gasteiger partial charge in [0.05, 0.1) is 7.11 Å². The number of benzene rings is 1. The van der Waals surface area contributed by atoms with E-state index >= 15 is 0 Å². The number of rotatable bonds is 3. The molecule has 1 aliphatic carbocycles. The third kappa shape index (κ3) is 5.48. The average Bonchev–Trinajstić information content (AvgIpc) is 2.49. The van der Waals surface area contributed by atoms with Gasteiger partial charge in [0.15, 0.2) is 0 Å². The molecule has 0 aromatic heterocycles.